The number of benzene rings is 1. The molecule has 0 aliphatic carbocycles. The van der Waals surface area contributed by atoms with Crippen molar-refractivity contribution in [2.75, 3.05) is 26.2 Å². The van der Waals surface area contributed by atoms with Gasteiger partial charge in [0.1, 0.15) is 0 Å². The Morgan fingerprint density at radius 1 is 1.14 bits per heavy atom. The van der Waals surface area contributed by atoms with Crippen LogP contribution in [-0.2, 0) is 6.54 Å². The molecule has 3 heteroatoms. The Hall–Kier alpha value is -0.380. The molecular formula is C18H28BrN2+. The Balaban J connectivity index is 1.47. The lowest BCUT2D eigenvalue weighted by molar-refractivity contribution is -0.932. The van der Waals surface area contributed by atoms with E-state index in [9.17, 15) is 0 Å². The second-order valence-corrected chi connectivity index (χ2v) is 7.94. The van der Waals surface area contributed by atoms with E-state index in [2.05, 4.69) is 52.0 Å². The number of piperidine rings is 2. The van der Waals surface area contributed by atoms with E-state index in [1.807, 2.05) is 4.90 Å². The average molecular weight is 352 g/mol. The van der Waals surface area contributed by atoms with Gasteiger partial charge in [0.05, 0.1) is 19.1 Å². The second-order valence-electron chi connectivity index (χ2n) is 7.02. The van der Waals surface area contributed by atoms with Gasteiger partial charge in [0, 0.05) is 36.9 Å². The van der Waals surface area contributed by atoms with Crippen LogP contribution in [0.3, 0.4) is 0 Å². The van der Waals surface area contributed by atoms with Crippen molar-refractivity contribution >= 4 is 15.9 Å². The molecule has 2 nitrogen and oxygen atoms in total. The van der Waals surface area contributed by atoms with Gasteiger partial charge in [0.2, 0.25) is 0 Å². The predicted octanol–water partition coefficient (Wildman–Crippen LogP) is 2.73. The predicted molar refractivity (Wildman–Crippen MR) is 91.5 cm³/mol. The monoisotopic (exact) mass is 351 g/mol. The minimum absolute atomic E-state index is 0.927. The van der Waals surface area contributed by atoms with Crippen LogP contribution in [0.25, 0.3) is 0 Å². The molecule has 0 unspecified atom stereocenters. The molecule has 2 aliphatic heterocycles. The molecule has 0 amide bonds. The van der Waals surface area contributed by atoms with Gasteiger partial charge in [-0.05, 0) is 36.5 Å². The van der Waals surface area contributed by atoms with Crippen molar-refractivity contribution in [3.8, 4) is 0 Å². The maximum atomic E-state index is 3.57. The third-order valence-corrected chi connectivity index (χ3v) is 5.87. The van der Waals surface area contributed by atoms with Gasteiger partial charge in [-0.1, -0.05) is 35.0 Å². The van der Waals surface area contributed by atoms with Crippen LogP contribution >= 0.6 is 15.9 Å². The Morgan fingerprint density at radius 3 is 2.52 bits per heavy atom. The van der Waals surface area contributed by atoms with E-state index < -0.39 is 0 Å². The average Bonchev–Trinajstić information content (AvgIpc) is 2.49. The number of rotatable bonds is 3. The summed E-state index contributed by atoms with van der Waals surface area (Å²) < 4.78 is 1.20. The van der Waals surface area contributed by atoms with Crippen LogP contribution in [0.15, 0.2) is 28.7 Å². The second kappa shape index (κ2) is 7.26. The van der Waals surface area contributed by atoms with Crippen molar-refractivity contribution in [1.29, 1.82) is 0 Å². The van der Waals surface area contributed by atoms with Gasteiger partial charge >= 0.3 is 0 Å². The number of quaternary nitrogens is 1. The number of hydrogen-bond donors (Lipinski definition) is 1. The highest BCUT2D eigenvalue weighted by Crippen LogP contribution is 2.17. The highest BCUT2D eigenvalue weighted by atomic mass is 79.9. The maximum Gasteiger partial charge on any atom is 0.0899 e. The minimum Gasteiger partial charge on any atom is -0.332 e. The normalized spacial score (nSPS) is 28.7. The van der Waals surface area contributed by atoms with Gasteiger partial charge in [-0.2, -0.15) is 0 Å². The molecule has 0 spiro atoms. The first kappa shape index (κ1) is 15.5. The molecule has 1 aromatic carbocycles. The quantitative estimate of drug-likeness (QED) is 0.879. The van der Waals surface area contributed by atoms with E-state index in [1.54, 1.807) is 0 Å². The summed E-state index contributed by atoms with van der Waals surface area (Å²) in [6.07, 6.45) is 5.65. The zero-order chi connectivity index (χ0) is 14.7. The number of nitrogens with one attached hydrogen (secondary N) is 1. The number of nitrogens with zero attached hydrogens (tertiary/aromatic N) is 1. The molecule has 2 saturated heterocycles. The van der Waals surface area contributed by atoms with Crippen LogP contribution in [0, 0.1) is 5.92 Å². The smallest absolute Gasteiger partial charge is 0.0899 e. The molecule has 2 heterocycles. The lowest BCUT2D eigenvalue weighted by Crippen LogP contribution is -3.17. The first-order valence-electron chi connectivity index (χ1n) is 8.52. The van der Waals surface area contributed by atoms with Crippen LogP contribution in [0.5, 0.6) is 0 Å². The molecule has 0 atom stereocenters. The molecule has 0 radical (unpaired) electrons. The van der Waals surface area contributed by atoms with Crippen LogP contribution in [-0.4, -0.2) is 37.1 Å². The molecule has 1 aromatic rings. The molecule has 0 bridgehead atoms. The first-order valence-corrected chi connectivity index (χ1v) is 9.31. The fourth-order valence-corrected chi connectivity index (χ4v) is 4.38. The van der Waals surface area contributed by atoms with Crippen molar-refractivity contribution in [3.05, 3.63) is 34.3 Å². The standard InChI is InChI=1S/C18H27BrN2/c1-15-5-11-21(12-6-15)18-7-9-20(10-8-18)14-16-3-2-4-17(19)13-16/h2-4,13,15,18H,5-12,14H2,1H3/p+1. The third-order valence-electron chi connectivity index (χ3n) is 5.38. The molecule has 2 aliphatic rings. The summed E-state index contributed by atoms with van der Waals surface area (Å²) in [6, 6.07) is 9.68. The Labute approximate surface area is 137 Å². The summed E-state index contributed by atoms with van der Waals surface area (Å²) in [5, 5.41) is 0. The zero-order valence-corrected chi connectivity index (χ0v) is 14.7. The van der Waals surface area contributed by atoms with E-state index in [1.165, 1.54) is 61.9 Å². The highest BCUT2D eigenvalue weighted by molar-refractivity contribution is 9.10. The Kier molecular flexibility index (Phi) is 5.36. The van der Waals surface area contributed by atoms with Gasteiger partial charge in [-0.15, -0.1) is 0 Å². The van der Waals surface area contributed by atoms with Crippen molar-refractivity contribution in [2.45, 2.75) is 45.2 Å². The van der Waals surface area contributed by atoms with Crippen LogP contribution in [0.4, 0.5) is 0 Å². The van der Waals surface area contributed by atoms with Crippen molar-refractivity contribution in [1.82, 2.24) is 4.90 Å². The molecule has 0 saturated carbocycles. The summed E-state index contributed by atoms with van der Waals surface area (Å²) in [5.74, 6) is 0.963. The molecule has 2 fully saturated rings. The molecular weight excluding hydrogens is 324 g/mol. The van der Waals surface area contributed by atoms with Crippen molar-refractivity contribution in [2.24, 2.45) is 5.92 Å². The lowest BCUT2D eigenvalue weighted by atomic mass is 9.95. The van der Waals surface area contributed by atoms with Crippen LogP contribution in [0.1, 0.15) is 38.2 Å². The van der Waals surface area contributed by atoms with E-state index in [-0.39, 0.29) is 0 Å². The summed E-state index contributed by atoms with van der Waals surface area (Å²) in [4.78, 5) is 4.53. The van der Waals surface area contributed by atoms with Gasteiger partial charge in [0.25, 0.3) is 0 Å². The fraction of sp³-hybridized carbons (Fsp3) is 0.667. The summed E-state index contributed by atoms with van der Waals surface area (Å²) >= 11 is 3.57. The van der Waals surface area contributed by atoms with Crippen molar-refractivity contribution in [3.63, 3.8) is 0 Å². The number of halogens is 1. The van der Waals surface area contributed by atoms with Gasteiger partial charge in [0.15, 0.2) is 0 Å². The lowest BCUT2D eigenvalue weighted by Gasteiger charge is -2.38. The highest BCUT2D eigenvalue weighted by Gasteiger charge is 2.30. The fourth-order valence-electron chi connectivity index (χ4n) is 3.93. The minimum atomic E-state index is 0.927. The number of likely N-dealkylation sites (tertiary alicyclic amines) is 2. The molecule has 3 rings (SSSR count). The van der Waals surface area contributed by atoms with E-state index in [0.717, 1.165) is 18.5 Å². The summed E-state index contributed by atoms with van der Waals surface area (Å²) in [5.41, 5.74) is 1.43. The molecule has 21 heavy (non-hydrogen) atoms. The Bertz CT molecular complexity index is 446. The SMILES string of the molecule is CC1CC[NH+](C2CCN(Cc3cccc(Br)c3)CC2)CC1. The van der Waals surface area contributed by atoms with E-state index in [4.69, 9.17) is 0 Å². The van der Waals surface area contributed by atoms with Crippen molar-refractivity contribution < 1.29 is 4.90 Å². The van der Waals surface area contributed by atoms with Gasteiger partial charge in [-0.25, -0.2) is 0 Å². The third kappa shape index (κ3) is 4.30. The largest absolute Gasteiger partial charge is 0.332 e. The molecule has 1 N–H and O–H groups in total. The zero-order valence-electron chi connectivity index (χ0n) is 13.2. The summed E-state index contributed by atoms with van der Waals surface area (Å²) in [6.45, 7) is 8.90. The van der Waals surface area contributed by atoms with Crippen LogP contribution < -0.4 is 4.90 Å². The van der Waals surface area contributed by atoms with Gasteiger partial charge in [-0.3, -0.25) is 4.90 Å². The first-order chi connectivity index (χ1) is 10.2. The number of hydrogen-bond acceptors (Lipinski definition) is 1. The molecule has 0 aromatic heterocycles. The van der Waals surface area contributed by atoms with E-state index in [0.29, 0.717) is 0 Å². The molecule has 116 valence electrons. The summed E-state index contributed by atoms with van der Waals surface area (Å²) in [7, 11) is 0. The van der Waals surface area contributed by atoms with E-state index >= 15 is 0 Å². The maximum absolute atomic E-state index is 3.57. The van der Waals surface area contributed by atoms with Gasteiger partial charge < -0.3 is 4.90 Å². The Morgan fingerprint density at radius 2 is 1.86 bits per heavy atom. The topological polar surface area (TPSA) is 7.68 Å². The van der Waals surface area contributed by atoms with Crippen LogP contribution in [0.2, 0.25) is 0 Å².